The number of carbonyl (C=O) groups is 2. The zero-order chi connectivity index (χ0) is 19.0. The number of benzene rings is 1. The van der Waals surface area contributed by atoms with Gasteiger partial charge in [-0.15, -0.1) is 24.0 Å². The second kappa shape index (κ2) is 8.82. The fourth-order valence-electron chi connectivity index (χ4n) is 4.52. The van der Waals surface area contributed by atoms with Gasteiger partial charge in [0, 0.05) is 31.7 Å². The second-order valence-electron chi connectivity index (χ2n) is 7.31. The number of guanidine groups is 1. The van der Waals surface area contributed by atoms with Gasteiger partial charge >= 0.3 is 0 Å². The molecule has 2 fully saturated rings. The highest BCUT2D eigenvalue weighted by atomic mass is 127. The maximum atomic E-state index is 12.7. The van der Waals surface area contributed by atoms with E-state index < -0.39 is 0 Å². The van der Waals surface area contributed by atoms with Crippen LogP contribution in [-0.2, 0) is 16.1 Å². The molecule has 0 aromatic heterocycles. The molecule has 1 heterocycles. The summed E-state index contributed by atoms with van der Waals surface area (Å²) in [4.78, 5) is 30.9. The minimum Gasteiger partial charge on any atom is -0.355 e. The first-order valence-electron chi connectivity index (χ1n) is 9.31. The van der Waals surface area contributed by atoms with Crippen LogP contribution in [0.2, 0.25) is 5.02 Å². The van der Waals surface area contributed by atoms with Gasteiger partial charge in [0.2, 0.25) is 11.8 Å². The van der Waals surface area contributed by atoms with E-state index >= 15 is 0 Å². The molecule has 28 heavy (non-hydrogen) atoms. The van der Waals surface area contributed by atoms with Gasteiger partial charge in [-0.2, -0.15) is 0 Å². The van der Waals surface area contributed by atoms with Crippen LogP contribution in [0.4, 0.5) is 0 Å². The summed E-state index contributed by atoms with van der Waals surface area (Å²) >= 11 is 6.00. The number of halogens is 2. The number of likely N-dealkylation sites (tertiary alicyclic amines) is 1. The molecule has 8 heteroatoms. The molecule has 0 spiro atoms. The Kier molecular flexibility index (Phi) is 6.65. The average molecular weight is 515 g/mol. The van der Waals surface area contributed by atoms with Gasteiger partial charge in [0.15, 0.2) is 5.96 Å². The van der Waals surface area contributed by atoms with Crippen molar-refractivity contribution >= 4 is 53.4 Å². The Morgan fingerprint density at radius 1 is 1.18 bits per heavy atom. The van der Waals surface area contributed by atoms with Crippen LogP contribution in [0, 0.1) is 23.7 Å². The molecule has 1 aromatic rings. The van der Waals surface area contributed by atoms with E-state index in [0.29, 0.717) is 30.6 Å². The number of nitrogens with one attached hydrogen (secondary N) is 2. The van der Waals surface area contributed by atoms with Gasteiger partial charge in [-0.05, 0) is 36.0 Å². The normalized spacial score (nSPS) is 27.8. The highest BCUT2D eigenvalue weighted by Gasteiger charge is 2.58. The SMILES string of the molecule is CN=C(NCCN1C(=O)C2C3C=CC(C3)C2C1=O)NCc1cccc(Cl)c1.I. The van der Waals surface area contributed by atoms with E-state index in [1.165, 1.54) is 4.90 Å². The number of carbonyl (C=O) groups excluding carboxylic acids is 2. The summed E-state index contributed by atoms with van der Waals surface area (Å²) < 4.78 is 0. The fraction of sp³-hybridized carbons (Fsp3) is 0.450. The molecule has 4 unspecified atom stereocenters. The Morgan fingerprint density at radius 2 is 1.86 bits per heavy atom. The first-order valence-corrected chi connectivity index (χ1v) is 9.69. The van der Waals surface area contributed by atoms with E-state index in [2.05, 4.69) is 27.8 Å². The molecule has 1 saturated heterocycles. The van der Waals surface area contributed by atoms with Gasteiger partial charge in [-0.1, -0.05) is 35.9 Å². The quantitative estimate of drug-likeness (QED) is 0.208. The molecule has 4 atom stereocenters. The lowest BCUT2D eigenvalue weighted by Crippen LogP contribution is -2.43. The van der Waals surface area contributed by atoms with Gasteiger partial charge in [0.25, 0.3) is 0 Å². The summed E-state index contributed by atoms with van der Waals surface area (Å²) in [5.41, 5.74) is 1.05. The van der Waals surface area contributed by atoms with E-state index in [1.807, 2.05) is 24.3 Å². The fourth-order valence-corrected chi connectivity index (χ4v) is 4.74. The highest BCUT2D eigenvalue weighted by molar-refractivity contribution is 14.0. The maximum absolute atomic E-state index is 12.7. The van der Waals surface area contributed by atoms with Crippen LogP contribution >= 0.6 is 35.6 Å². The third-order valence-corrected chi connectivity index (χ3v) is 6.00. The Hall–Kier alpha value is -1.61. The summed E-state index contributed by atoms with van der Waals surface area (Å²) in [6.07, 6.45) is 5.18. The topological polar surface area (TPSA) is 73.8 Å². The lowest BCUT2D eigenvalue weighted by molar-refractivity contribution is -0.140. The first kappa shape index (κ1) is 21.1. The molecule has 6 nitrogen and oxygen atoms in total. The summed E-state index contributed by atoms with van der Waals surface area (Å²) in [5.74, 6) is 0.843. The molecule has 4 rings (SSSR count). The van der Waals surface area contributed by atoms with Crippen LogP contribution in [0.5, 0.6) is 0 Å². The van der Waals surface area contributed by atoms with Crippen molar-refractivity contribution in [2.45, 2.75) is 13.0 Å². The van der Waals surface area contributed by atoms with E-state index in [4.69, 9.17) is 11.6 Å². The molecule has 2 amide bonds. The molecule has 2 N–H and O–H groups in total. The molecular formula is C20H24ClIN4O2. The van der Waals surface area contributed by atoms with Gasteiger partial charge < -0.3 is 10.6 Å². The molecule has 150 valence electrons. The van der Waals surface area contributed by atoms with E-state index in [9.17, 15) is 9.59 Å². The van der Waals surface area contributed by atoms with Crippen LogP contribution in [0.1, 0.15) is 12.0 Å². The van der Waals surface area contributed by atoms with Gasteiger partial charge in [-0.25, -0.2) is 0 Å². The van der Waals surface area contributed by atoms with Crippen molar-refractivity contribution in [3.8, 4) is 0 Å². The molecule has 3 aliphatic rings. The smallest absolute Gasteiger partial charge is 0.233 e. The van der Waals surface area contributed by atoms with Crippen LogP contribution in [-0.4, -0.2) is 42.8 Å². The van der Waals surface area contributed by atoms with E-state index in [-0.39, 0.29) is 59.5 Å². The zero-order valence-corrected chi connectivity index (χ0v) is 18.7. The first-order chi connectivity index (χ1) is 13.1. The molecule has 1 aromatic carbocycles. The van der Waals surface area contributed by atoms with E-state index in [1.54, 1.807) is 7.05 Å². The predicted octanol–water partition coefficient (Wildman–Crippen LogP) is 2.43. The number of nitrogens with zero attached hydrogens (tertiary/aromatic N) is 2. The van der Waals surface area contributed by atoms with Crippen molar-refractivity contribution in [1.29, 1.82) is 0 Å². The van der Waals surface area contributed by atoms with Gasteiger partial charge in [0.05, 0.1) is 11.8 Å². The number of imide groups is 1. The molecule has 2 bridgehead atoms. The molecular weight excluding hydrogens is 491 g/mol. The van der Waals surface area contributed by atoms with Crippen molar-refractivity contribution in [2.24, 2.45) is 28.7 Å². The maximum Gasteiger partial charge on any atom is 0.233 e. The minimum atomic E-state index is -0.132. The summed E-state index contributed by atoms with van der Waals surface area (Å²) in [6, 6.07) is 7.61. The van der Waals surface area contributed by atoms with Crippen molar-refractivity contribution in [3.63, 3.8) is 0 Å². The Morgan fingerprint density at radius 3 is 2.46 bits per heavy atom. The van der Waals surface area contributed by atoms with Crippen molar-refractivity contribution in [1.82, 2.24) is 15.5 Å². The summed E-state index contributed by atoms with van der Waals surface area (Å²) in [7, 11) is 1.69. The van der Waals surface area contributed by atoms with Gasteiger partial charge in [-0.3, -0.25) is 19.5 Å². The van der Waals surface area contributed by atoms with Crippen LogP contribution < -0.4 is 10.6 Å². The number of aliphatic imine (C=N–C) groups is 1. The molecule has 2 aliphatic carbocycles. The van der Waals surface area contributed by atoms with E-state index in [0.717, 1.165) is 12.0 Å². The van der Waals surface area contributed by atoms with Crippen molar-refractivity contribution in [2.75, 3.05) is 20.1 Å². The van der Waals surface area contributed by atoms with Gasteiger partial charge in [0.1, 0.15) is 0 Å². The number of hydrogen-bond donors (Lipinski definition) is 2. The third-order valence-electron chi connectivity index (χ3n) is 5.76. The van der Waals surface area contributed by atoms with Crippen molar-refractivity contribution in [3.05, 3.63) is 47.0 Å². The molecule has 0 radical (unpaired) electrons. The standard InChI is InChI=1S/C20H23ClN4O2.HI/c1-22-20(24-11-12-3-2-4-15(21)9-12)23-7-8-25-18(26)16-13-5-6-14(10-13)17(16)19(25)27;/h2-6,9,13-14,16-17H,7-8,10-11H2,1H3,(H2,22,23,24);1H. The van der Waals surface area contributed by atoms with Crippen LogP contribution in [0.25, 0.3) is 0 Å². The lowest BCUT2D eigenvalue weighted by atomic mass is 9.85. The minimum absolute atomic E-state index is 0. The number of hydrogen-bond acceptors (Lipinski definition) is 3. The van der Waals surface area contributed by atoms with Crippen LogP contribution in [0.15, 0.2) is 41.4 Å². The highest BCUT2D eigenvalue weighted by Crippen LogP contribution is 2.52. The molecule has 1 aliphatic heterocycles. The Balaban J connectivity index is 0.00000225. The number of rotatable bonds is 5. The third kappa shape index (κ3) is 3.91. The molecule has 1 saturated carbocycles. The van der Waals surface area contributed by atoms with Crippen molar-refractivity contribution < 1.29 is 9.59 Å². The predicted molar refractivity (Wildman–Crippen MR) is 120 cm³/mol. The van der Waals surface area contributed by atoms with Crippen LogP contribution in [0.3, 0.4) is 0 Å². The largest absolute Gasteiger partial charge is 0.355 e. The number of fused-ring (bicyclic) bond motifs is 5. The second-order valence-corrected chi connectivity index (χ2v) is 7.75. The zero-order valence-electron chi connectivity index (χ0n) is 15.6. The summed E-state index contributed by atoms with van der Waals surface area (Å²) in [5, 5.41) is 7.07. The number of amides is 2. The Bertz CT molecular complexity index is 798. The Labute approximate surface area is 186 Å². The monoisotopic (exact) mass is 514 g/mol. The lowest BCUT2D eigenvalue weighted by Gasteiger charge is -2.18. The number of allylic oxidation sites excluding steroid dienone is 2. The summed E-state index contributed by atoms with van der Waals surface area (Å²) in [6.45, 7) is 1.41. The average Bonchev–Trinajstić information content (AvgIpc) is 3.34.